The first-order valence-electron chi connectivity index (χ1n) is 9.96. The van der Waals surface area contributed by atoms with Gasteiger partial charge in [0.25, 0.3) is 0 Å². The highest BCUT2D eigenvalue weighted by molar-refractivity contribution is 6.31. The third-order valence-corrected chi connectivity index (χ3v) is 6.11. The summed E-state index contributed by atoms with van der Waals surface area (Å²) < 4.78 is 0. The fourth-order valence-electron chi connectivity index (χ4n) is 4.38. The molecule has 29 heavy (non-hydrogen) atoms. The lowest BCUT2D eigenvalue weighted by Crippen LogP contribution is -2.52. The molecule has 2 aliphatic rings. The van der Waals surface area contributed by atoms with Crippen LogP contribution in [-0.2, 0) is 4.79 Å². The zero-order valence-electron chi connectivity index (χ0n) is 16.0. The Morgan fingerprint density at radius 3 is 2.52 bits per heavy atom. The maximum atomic E-state index is 13.0. The van der Waals surface area contributed by atoms with Gasteiger partial charge in [0, 0.05) is 48.8 Å². The lowest BCUT2D eigenvalue weighted by Gasteiger charge is -2.38. The molecule has 0 spiro atoms. The molecule has 0 bridgehead atoms. The molecule has 0 radical (unpaired) electrons. The standard InChI is InChI=1S/C22H22ClN5O/c23-16-6-7-18-19(14-16)24-15-25-21(18)27-12-10-26(11-13-27)20-8-9-28(22(20)29)17-4-2-1-3-5-17/h1-7,14-15,20H,8-13H2. The number of aromatic nitrogens is 2. The normalized spacial score (nSPS) is 20.6. The van der Waals surface area contributed by atoms with Gasteiger partial charge in [-0.15, -0.1) is 0 Å². The number of anilines is 2. The summed E-state index contributed by atoms with van der Waals surface area (Å²) in [6.45, 7) is 4.15. The van der Waals surface area contributed by atoms with E-state index in [9.17, 15) is 4.79 Å². The van der Waals surface area contributed by atoms with Gasteiger partial charge in [0.2, 0.25) is 5.91 Å². The van der Waals surface area contributed by atoms with Crippen molar-refractivity contribution in [3.63, 3.8) is 0 Å². The molecular formula is C22H22ClN5O. The number of amides is 1. The van der Waals surface area contributed by atoms with E-state index in [-0.39, 0.29) is 11.9 Å². The van der Waals surface area contributed by atoms with Crippen LogP contribution in [0.4, 0.5) is 11.5 Å². The lowest BCUT2D eigenvalue weighted by molar-refractivity contribution is -0.121. The van der Waals surface area contributed by atoms with Gasteiger partial charge in [0.15, 0.2) is 0 Å². The van der Waals surface area contributed by atoms with E-state index >= 15 is 0 Å². The van der Waals surface area contributed by atoms with Crippen LogP contribution in [-0.4, -0.2) is 59.5 Å². The maximum absolute atomic E-state index is 13.0. The summed E-state index contributed by atoms with van der Waals surface area (Å²) in [6.07, 6.45) is 2.47. The van der Waals surface area contributed by atoms with Crippen LogP contribution in [0.1, 0.15) is 6.42 Å². The number of benzene rings is 2. The van der Waals surface area contributed by atoms with E-state index in [1.165, 1.54) is 0 Å². The first-order chi connectivity index (χ1) is 14.2. The van der Waals surface area contributed by atoms with Crippen LogP contribution in [0.15, 0.2) is 54.9 Å². The minimum Gasteiger partial charge on any atom is -0.353 e. The number of hydrogen-bond donors (Lipinski definition) is 0. The van der Waals surface area contributed by atoms with Gasteiger partial charge in [-0.25, -0.2) is 9.97 Å². The Morgan fingerprint density at radius 1 is 0.931 bits per heavy atom. The summed E-state index contributed by atoms with van der Waals surface area (Å²) in [5, 5.41) is 1.69. The van der Waals surface area contributed by atoms with Crippen molar-refractivity contribution < 1.29 is 4.79 Å². The van der Waals surface area contributed by atoms with E-state index < -0.39 is 0 Å². The molecule has 6 nitrogen and oxygen atoms in total. The second kappa shape index (κ2) is 7.61. The molecule has 1 aromatic heterocycles. The molecule has 7 heteroatoms. The molecule has 2 fully saturated rings. The predicted molar refractivity (Wildman–Crippen MR) is 116 cm³/mol. The fraction of sp³-hybridized carbons (Fsp3) is 0.318. The van der Waals surface area contributed by atoms with Crippen molar-refractivity contribution in [1.82, 2.24) is 14.9 Å². The van der Waals surface area contributed by atoms with E-state index in [0.29, 0.717) is 5.02 Å². The van der Waals surface area contributed by atoms with E-state index in [2.05, 4.69) is 19.8 Å². The Bertz CT molecular complexity index is 1040. The Morgan fingerprint density at radius 2 is 1.72 bits per heavy atom. The molecule has 1 amide bonds. The summed E-state index contributed by atoms with van der Waals surface area (Å²) >= 11 is 6.10. The molecule has 0 saturated carbocycles. The summed E-state index contributed by atoms with van der Waals surface area (Å²) in [4.78, 5) is 28.4. The van der Waals surface area contributed by atoms with E-state index in [4.69, 9.17) is 11.6 Å². The second-order valence-corrected chi connectivity index (χ2v) is 7.95. The monoisotopic (exact) mass is 407 g/mol. The van der Waals surface area contributed by atoms with E-state index in [0.717, 1.165) is 61.6 Å². The minimum absolute atomic E-state index is 0.0293. The maximum Gasteiger partial charge on any atom is 0.244 e. The topological polar surface area (TPSA) is 52.6 Å². The lowest BCUT2D eigenvalue weighted by atomic mass is 10.1. The quantitative estimate of drug-likeness (QED) is 0.667. The molecule has 1 unspecified atom stereocenters. The number of para-hydroxylation sites is 1. The molecule has 3 aromatic rings. The van der Waals surface area contributed by atoms with E-state index in [1.807, 2.05) is 53.4 Å². The number of rotatable bonds is 3. The van der Waals surface area contributed by atoms with Crippen LogP contribution in [0.2, 0.25) is 5.02 Å². The van der Waals surface area contributed by atoms with Crippen molar-refractivity contribution >= 4 is 39.9 Å². The third kappa shape index (κ3) is 3.43. The van der Waals surface area contributed by atoms with Crippen molar-refractivity contribution in [3.05, 3.63) is 59.9 Å². The number of carbonyl (C=O) groups is 1. The molecule has 2 aliphatic heterocycles. The predicted octanol–water partition coefficient (Wildman–Crippen LogP) is 3.21. The highest BCUT2D eigenvalue weighted by Crippen LogP contribution is 2.28. The summed E-state index contributed by atoms with van der Waals surface area (Å²) in [5.41, 5.74) is 1.85. The number of piperazine rings is 1. The largest absolute Gasteiger partial charge is 0.353 e. The molecule has 0 N–H and O–H groups in total. The third-order valence-electron chi connectivity index (χ3n) is 5.88. The Kier molecular flexibility index (Phi) is 4.81. The number of hydrogen-bond acceptors (Lipinski definition) is 5. The van der Waals surface area contributed by atoms with Gasteiger partial charge in [0.05, 0.1) is 11.6 Å². The van der Waals surface area contributed by atoms with Crippen LogP contribution >= 0.6 is 11.6 Å². The number of carbonyl (C=O) groups excluding carboxylic acids is 1. The summed E-state index contributed by atoms with van der Waals surface area (Å²) in [5.74, 6) is 1.15. The fourth-order valence-corrected chi connectivity index (χ4v) is 4.55. The van der Waals surface area contributed by atoms with Crippen molar-refractivity contribution in [3.8, 4) is 0 Å². The molecular weight excluding hydrogens is 386 g/mol. The highest BCUT2D eigenvalue weighted by Gasteiger charge is 2.37. The molecule has 2 aromatic carbocycles. The molecule has 1 atom stereocenters. The Hall–Kier alpha value is -2.70. The average molecular weight is 408 g/mol. The Labute approximate surface area is 174 Å². The molecule has 148 valence electrons. The van der Waals surface area contributed by atoms with Gasteiger partial charge < -0.3 is 9.80 Å². The van der Waals surface area contributed by atoms with Crippen molar-refractivity contribution in [2.45, 2.75) is 12.5 Å². The van der Waals surface area contributed by atoms with E-state index in [1.54, 1.807) is 6.33 Å². The SMILES string of the molecule is O=C1C(N2CCN(c3ncnc4cc(Cl)ccc34)CC2)CCN1c1ccccc1. The van der Waals surface area contributed by atoms with Crippen LogP contribution in [0.5, 0.6) is 0 Å². The van der Waals surface area contributed by atoms with Gasteiger partial charge in [-0.1, -0.05) is 29.8 Å². The number of nitrogens with zero attached hydrogens (tertiary/aromatic N) is 5. The summed E-state index contributed by atoms with van der Waals surface area (Å²) in [7, 11) is 0. The van der Waals surface area contributed by atoms with Gasteiger partial charge in [-0.3, -0.25) is 9.69 Å². The molecule has 0 aliphatic carbocycles. The van der Waals surface area contributed by atoms with Gasteiger partial charge in [-0.2, -0.15) is 0 Å². The van der Waals surface area contributed by atoms with Crippen molar-refractivity contribution in [2.24, 2.45) is 0 Å². The van der Waals surface area contributed by atoms with Crippen LogP contribution in [0.3, 0.4) is 0 Å². The number of fused-ring (bicyclic) bond motifs is 1. The number of halogens is 1. The Balaban J connectivity index is 1.28. The first kappa shape index (κ1) is 18.3. The van der Waals surface area contributed by atoms with Gasteiger partial charge in [0.1, 0.15) is 12.1 Å². The van der Waals surface area contributed by atoms with Crippen molar-refractivity contribution in [2.75, 3.05) is 42.5 Å². The molecule has 3 heterocycles. The highest BCUT2D eigenvalue weighted by atomic mass is 35.5. The molecule has 5 rings (SSSR count). The van der Waals surface area contributed by atoms with Crippen LogP contribution in [0, 0.1) is 0 Å². The van der Waals surface area contributed by atoms with Crippen LogP contribution in [0.25, 0.3) is 10.9 Å². The van der Waals surface area contributed by atoms with Crippen LogP contribution < -0.4 is 9.80 Å². The van der Waals surface area contributed by atoms with Gasteiger partial charge in [-0.05, 0) is 36.8 Å². The zero-order chi connectivity index (χ0) is 19.8. The summed E-state index contributed by atoms with van der Waals surface area (Å²) in [6, 6.07) is 15.6. The minimum atomic E-state index is -0.0293. The van der Waals surface area contributed by atoms with Crippen molar-refractivity contribution in [1.29, 1.82) is 0 Å². The first-order valence-corrected chi connectivity index (χ1v) is 10.3. The smallest absolute Gasteiger partial charge is 0.244 e. The average Bonchev–Trinajstić information content (AvgIpc) is 3.15. The zero-order valence-corrected chi connectivity index (χ0v) is 16.8. The molecule has 2 saturated heterocycles. The van der Waals surface area contributed by atoms with Gasteiger partial charge >= 0.3 is 0 Å². The second-order valence-electron chi connectivity index (χ2n) is 7.51.